The number of amides is 1. The first-order valence-corrected chi connectivity index (χ1v) is 12.1. The van der Waals surface area contributed by atoms with Gasteiger partial charge in [-0.1, -0.05) is 18.1 Å². The summed E-state index contributed by atoms with van der Waals surface area (Å²) in [4.78, 5) is 12.6. The molecule has 0 aliphatic carbocycles. The summed E-state index contributed by atoms with van der Waals surface area (Å²) in [7, 11) is -4.15. The van der Waals surface area contributed by atoms with Crippen LogP contribution in [0.5, 0.6) is 0 Å². The van der Waals surface area contributed by atoms with Crippen LogP contribution < -0.4 is 5.32 Å². The maximum Gasteiger partial charge on any atom is 0.322 e. The molecule has 0 atom stereocenters. The molecule has 10 nitrogen and oxygen atoms in total. The number of sulfone groups is 1. The summed E-state index contributed by atoms with van der Waals surface area (Å²) in [5, 5.41) is 10.0. The summed E-state index contributed by atoms with van der Waals surface area (Å²) in [5.41, 5.74) is 0.578. The van der Waals surface area contributed by atoms with E-state index in [-0.39, 0.29) is 33.0 Å². The van der Waals surface area contributed by atoms with E-state index in [9.17, 15) is 21.6 Å². The number of hydrogen-bond donors (Lipinski definition) is 1. The second kappa shape index (κ2) is 8.57. The van der Waals surface area contributed by atoms with E-state index >= 15 is 0 Å². The van der Waals surface area contributed by atoms with Gasteiger partial charge in [0.15, 0.2) is 9.84 Å². The lowest BCUT2D eigenvalue weighted by molar-refractivity contribution is 0.102. The molecule has 0 aliphatic rings. The number of benzene rings is 2. The lowest BCUT2D eigenvalue weighted by atomic mass is 10.2. The maximum atomic E-state index is 12.4. The largest absolute Gasteiger partial charge is 0.403 e. The van der Waals surface area contributed by atoms with Gasteiger partial charge in [0.25, 0.3) is 5.91 Å². The minimum atomic E-state index is -3.57. The van der Waals surface area contributed by atoms with Gasteiger partial charge in [-0.2, -0.15) is 0 Å². The monoisotopic (exact) mass is 464 g/mol. The van der Waals surface area contributed by atoms with Crippen molar-refractivity contribution in [2.24, 2.45) is 0 Å². The number of sulfonamides is 1. The van der Waals surface area contributed by atoms with E-state index in [0.717, 1.165) is 4.31 Å². The molecule has 0 fully saturated rings. The predicted octanol–water partition coefficient (Wildman–Crippen LogP) is 2.03. The highest BCUT2D eigenvalue weighted by atomic mass is 32.2. The van der Waals surface area contributed by atoms with Gasteiger partial charge in [0, 0.05) is 25.2 Å². The summed E-state index contributed by atoms with van der Waals surface area (Å²) < 4.78 is 54.8. The van der Waals surface area contributed by atoms with E-state index in [4.69, 9.17) is 4.42 Å². The lowest BCUT2D eigenvalue weighted by Crippen LogP contribution is -2.22. The van der Waals surface area contributed by atoms with Crippen molar-refractivity contribution in [1.82, 2.24) is 14.5 Å². The number of nitrogens with zero attached hydrogens (tertiary/aromatic N) is 3. The Bertz CT molecular complexity index is 1310. The Morgan fingerprint density at radius 3 is 2.29 bits per heavy atom. The predicted molar refractivity (Wildman–Crippen MR) is 113 cm³/mol. The quantitative estimate of drug-likeness (QED) is 0.560. The van der Waals surface area contributed by atoms with E-state index < -0.39 is 25.8 Å². The van der Waals surface area contributed by atoms with Gasteiger partial charge in [-0.15, -0.1) is 5.10 Å². The second-order valence-corrected chi connectivity index (χ2v) is 11.0. The molecular weight excluding hydrogens is 444 g/mol. The molecule has 0 spiro atoms. The molecule has 3 rings (SSSR count). The molecule has 1 heterocycles. The molecule has 31 heavy (non-hydrogen) atoms. The number of rotatable bonds is 7. The fraction of sp³-hybridized carbons (Fsp3) is 0.211. The molecule has 12 heteroatoms. The molecular formula is C19H20N4O6S2. The fourth-order valence-electron chi connectivity index (χ4n) is 2.54. The first-order valence-electron chi connectivity index (χ1n) is 9.05. The van der Waals surface area contributed by atoms with Gasteiger partial charge in [0.1, 0.15) is 0 Å². The summed E-state index contributed by atoms with van der Waals surface area (Å²) in [5.74, 6) is -0.623. The number of carbonyl (C=O) groups excluding carboxylic acids is 1. The summed E-state index contributed by atoms with van der Waals surface area (Å²) in [6.07, 6.45) is 0. The van der Waals surface area contributed by atoms with Crippen molar-refractivity contribution in [1.29, 1.82) is 0 Å². The highest BCUT2D eigenvalue weighted by molar-refractivity contribution is 7.91. The molecule has 0 aliphatic heterocycles. The standard InChI is InChI=1S/C19H20N4O6S2/c1-4-30(25,26)16-7-5-6-14(12-16)17(24)20-19-22-21-18(29-19)13-8-10-15(11-9-13)31(27,28)23(2)3/h5-12H,4H2,1-3H3,(H,20,22,24). The smallest absolute Gasteiger partial charge is 0.322 e. The average Bonchev–Trinajstić information content (AvgIpc) is 3.22. The maximum absolute atomic E-state index is 12.4. The third-order valence-corrected chi connectivity index (χ3v) is 7.92. The molecule has 1 aromatic heterocycles. The third kappa shape index (κ3) is 4.81. The van der Waals surface area contributed by atoms with Gasteiger partial charge in [-0.3, -0.25) is 10.1 Å². The van der Waals surface area contributed by atoms with Gasteiger partial charge < -0.3 is 4.42 Å². The van der Waals surface area contributed by atoms with Crippen LogP contribution >= 0.6 is 0 Å². The normalized spacial score (nSPS) is 12.1. The van der Waals surface area contributed by atoms with Gasteiger partial charge in [0.05, 0.1) is 15.5 Å². The van der Waals surface area contributed by atoms with Crippen LogP contribution in [0.2, 0.25) is 0 Å². The highest BCUT2D eigenvalue weighted by Crippen LogP contribution is 2.23. The molecule has 0 radical (unpaired) electrons. The summed E-state index contributed by atoms with van der Waals surface area (Å²) in [6.45, 7) is 1.52. The van der Waals surface area contributed by atoms with Crippen LogP contribution in [0.1, 0.15) is 17.3 Å². The lowest BCUT2D eigenvalue weighted by Gasteiger charge is -2.11. The first-order chi connectivity index (χ1) is 14.5. The molecule has 1 N–H and O–H groups in total. The molecule has 0 saturated heterocycles. The fourth-order valence-corrected chi connectivity index (χ4v) is 4.36. The van der Waals surface area contributed by atoms with Crippen molar-refractivity contribution >= 4 is 31.8 Å². The van der Waals surface area contributed by atoms with E-state index in [2.05, 4.69) is 15.5 Å². The van der Waals surface area contributed by atoms with Crippen LogP contribution in [0.15, 0.2) is 62.7 Å². The van der Waals surface area contributed by atoms with Crippen LogP contribution in [0.25, 0.3) is 11.5 Å². The van der Waals surface area contributed by atoms with Crippen LogP contribution in [-0.4, -0.2) is 57.1 Å². The van der Waals surface area contributed by atoms with E-state index in [0.29, 0.717) is 5.56 Å². The number of carbonyl (C=O) groups is 1. The Morgan fingerprint density at radius 1 is 1.00 bits per heavy atom. The van der Waals surface area contributed by atoms with Crippen molar-refractivity contribution in [3.05, 3.63) is 54.1 Å². The average molecular weight is 465 g/mol. The molecule has 0 unspecified atom stereocenters. The zero-order valence-electron chi connectivity index (χ0n) is 16.9. The highest BCUT2D eigenvalue weighted by Gasteiger charge is 2.19. The first kappa shape index (κ1) is 22.6. The second-order valence-electron chi connectivity index (χ2n) is 6.61. The van der Waals surface area contributed by atoms with E-state index in [1.54, 1.807) is 0 Å². The van der Waals surface area contributed by atoms with Crippen LogP contribution in [0.4, 0.5) is 6.01 Å². The van der Waals surface area contributed by atoms with Crippen molar-refractivity contribution in [2.45, 2.75) is 16.7 Å². The third-order valence-electron chi connectivity index (χ3n) is 4.36. The van der Waals surface area contributed by atoms with Gasteiger partial charge in [-0.05, 0) is 42.5 Å². The van der Waals surface area contributed by atoms with Crippen molar-refractivity contribution in [2.75, 3.05) is 25.2 Å². The Kier molecular flexibility index (Phi) is 6.25. The zero-order chi connectivity index (χ0) is 22.8. The molecule has 1 amide bonds. The van der Waals surface area contributed by atoms with Crippen molar-refractivity contribution in [3.63, 3.8) is 0 Å². The van der Waals surface area contributed by atoms with Crippen LogP contribution in [0.3, 0.4) is 0 Å². The minimum absolute atomic E-state index is 0.0432. The van der Waals surface area contributed by atoms with E-state index in [1.807, 2.05) is 0 Å². The minimum Gasteiger partial charge on any atom is -0.403 e. The SMILES string of the molecule is CCS(=O)(=O)c1cccc(C(=O)Nc2nnc(-c3ccc(S(=O)(=O)N(C)C)cc3)o2)c1. The van der Waals surface area contributed by atoms with Crippen LogP contribution in [0, 0.1) is 0 Å². The van der Waals surface area contributed by atoms with Crippen molar-refractivity contribution in [3.8, 4) is 11.5 Å². The molecule has 164 valence electrons. The number of aromatic nitrogens is 2. The summed E-state index contributed by atoms with van der Waals surface area (Å²) >= 11 is 0. The topological polar surface area (TPSA) is 140 Å². The number of anilines is 1. The number of hydrogen-bond acceptors (Lipinski definition) is 8. The molecule has 2 aromatic carbocycles. The Balaban J connectivity index is 1.78. The van der Waals surface area contributed by atoms with E-state index in [1.165, 1.54) is 69.6 Å². The Hall–Kier alpha value is -3.09. The van der Waals surface area contributed by atoms with Gasteiger partial charge in [-0.25, -0.2) is 21.1 Å². The molecule has 3 aromatic rings. The van der Waals surface area contributed by atoms with Gasteiger partial charge >= 0.3 is 6.01 Å². The van der Waals surface area contributed by atoms with Crippen LogP contribution in [-0.2, 0) is 19.9 Å². The Labute approximate surface area is 179 Å². The Morgan fingerprint density at radius 2 is 1.68 bits per heavy atom. The number of nitrogens with one attached hydrogen (secondary N) is 1. The molecule has 0 bridgehead atoms. The molecule has 0 saturated carbocycles. The zero-order valence-corrected chi connectivity index (χ0v) is 18.6. The summed E-state index contributed by atoms with van der Waals surface area (Å²) in [6, 6.07) is 11.3. The van der Waals surface area contributed by atoms with Crippen molar-refractivity contribution < 1.29 is 26.0 Å². The van der Waals surface area contributed by atoms with Gasteiger partial charge in [0.2, 0.25) is 15.9 Å².